The molecule has 2 amide bonds. The molecule has 0 heterocycles. The van der Waals surface area contributed by atoms with Crippen LogP contribution in [0.2, 0.25) is 0 Å². The summed E-state index contributed by atoms with van der Waals surface area (Å²) in [6.07, 6.45) is 61.4. The predicted molar refractivity (Wildman–Crippen MR) is 261 cm³/mol. The van der Waals surface area contributed by atoms with Crippen LogP contribution in [0.25, 0.3) is 0 Å². The topological polar surface area (TPSA) is 95.5 Å². The van der Waals surface area contributed by atoms with Crippen LogP contribution in [-0.4, -0.2) is 35.5 Å². The van der Waals surface area contributed by atoms with Crippen LogP contribution in [0.5, 0.6) is 0 Å². The molecule has 0 rings (SSSR count). The lowest BCUT2D eigenvalue weighted by atomic mass is 10.0. The van der Waals surface area contributed by atoms with E-state index in [1.54, 1.807) is 0 Å². The molecule has 1 atom stereocenters. The highest BCUT2D eigenvalue weighted by Gasteiger charge is 2.19. The van der Waals surface area contributed by atoms with E-state index in [1.807, 2.05) is 0 Å². The van der Waals surface area contributed by atoms with E-state index in [-0.39, 0.29) is 11.8 Å². The first-order valence-corrected chi connectivity index (χ1v) is 26.6. The smallest absolute Gasteiger partial charge is 0.326 e. The molecule has 0 radical (unpaired) electrons. The summed E-state index contributed by atoms with van der Waals surface area (Å²) in [5, 5.41) is 15.3. The van der Waals surface area contributed by atoms with E-state index in [0.29, 0.717) is 32.2 Å². The third-order valence-electron chi connectivity index (χ3n) is 12.2. The van der Waals surface area contributed by atoms with Crippen LogP contribution < -0.4 is 10.6 Å². The average Bonchev–Trinajstić information content (AvgIpc) is 3.24. The van der Waals surface area contributed by atoms with Crippen molar-refractivity contribution in [2.45, 2.75) is 296 Å². The Balaban J connectivity index is 3.53. The molecule has 0 saturated carbocycles. The van der Waals surface area contributed by atoms with E-state index in [4.69, 9.17) is 0 Å². The number of allylic oxidation sites excluding steroid dienone is 4. The van der Waals surface area contributed by atoms with E-state index in [1.165, 1.54) is 212 Å². The number of carbonyl (C=O) groups is 3. The molecule has 0 aliphatic carbocycles. The maximum atomic E-state index is 12.4. The third kappa shape index (κ3) is 46.9. The molecule has 0 bridgehead atoms. The van der Waals surface area contributed by atoms with Crippen LogP contribution in [0.3, 0.4) is 0 Å². The Bertz CT molecular complexity index is 979. The molecular weight excluding hydrogens is 741 g/mol. The molecule has 0 fully saturated rings. The van der Waals surface area contributed by atoms with Crippen molar-refractivity contribution in [1.29, 1.82) is 0 Å². The molecule has 3 N–H and O–H groups in total. The van der Waals surface area contributed by atoms with E-state index < -0.39 is 12.0 Å². The number of hydrogen-bond donors (Lipinski definition) is 3. The standard InChI is InChI=1S/C54H102N2O4/c1-3-5-7-9-11-13-15-17-19-21-23-25-27-29-31-33-35-37-39-41-43-48-52(57)55-50-46-45-47-51(54(59)60)56-53(58)49-44-42-40-38-36-34-32-30-28-26-24-22-20-18-16-14-12-10-8-6-4-2/h17-20,51H,3-16,21-50H2,1-2H3,(H,55,57)(H,56,58)(H,59,60)/b19-17-,20-18-. The second-order valence-corrected chi connectivity index (χ2v) is 18.2. The lowest BCUT2D eigenvalue weighted by molar-refractivity contribution is -0.142. The van der Waals surface area contributed by atoms with Crippen molar-refractivity contribution in [3.63, 3.8) is 0 Å². The molecule has 0 spiro atoms. The summed E-state index contributed by atoms with van der Waals surface area (Å²) in [6, 6.07) is -0.851. The van der Waals surface area contributed by atoms with Gasteiger partial charge in [0.05, 0.1) is 0 Å². The molecule has 0 aliphatic rings. The molecule has 352 valence electrons. The van der Waals surface area contributed by atoms with Crippen molar-refractivity contribution >= 4 is 17.8 Å². The third-order valence-corrected chi connectivity index (χ3v) is 12.2. The average molecular weight is 843 g/mol. The fourth-order valence-corrected chi connectivity index (χ4v) is 8.15. The van der Waals surface area contributed by atoms with Gasteiger partial charge in [-0.1, -0.05) is 218 Å². The van der Waals surface area contributed by atoms with Crippen LogP contribution in [0.4, 0.5) is 0 Å². The largest absolute Gasteiger partial charge is 0.480 e. The number of unbranched alkanes of at least 4 members (excludes halogenated alkanes) is 35. The number of carbonyl (C=O) groups excluding carboxylic acids is 2. The lowest BCUT2D eigenvalue weighted by Crippen LogP contribution is -2.40. The van der Waals surface area contributed by atoms with Crippen LogP contribution >= 0.6 is 0 Å². The Morgan fingerprint density at radius 2 is 0.683 bits per heavy atom. The molecule has 0 aromatic rings. The summed E-state index contributed by atoms with van der Waals surface area (Å²) in [5.74, 6) is -1.04. The maximum absolute atomic E-state index is 12.4. The highest BCUT2D eigenvalue weighted by molar-refractivity contribution is 5.83. The normalized spacial score (nSPS) is 12.2. The van der Waals surface area contributed by atoms with E-state index in [9.17, 15) is 19.5 Å². The molecule has 0 aliphatic heterocycles. The molecule has 0 saturated heterocycles. The first kappa shape index (κ1) is 57.9. The first-order valence-electron chi connectivity index (χ1n) is 26.6. The van der Waals surface area contributed by atoms with Gasteiger partial charge in [0.2, 0.25) is 11.8 Å². The minimum atomic E-state index is -0.976. The summed E-state index contributed by atoms with van der Waals surface area (Å²) in [4.78, 5) is 36.4. The van der Waals surface area contributed by atoms with Gasteiger partial charge in [0, 0.05) is 19.4 Å². The van der Waals surface area contributed by atoms with Crippen molar-refractivity contribution in [2.75, 3.05) is 6.54 Å². The van der Waals surface area contributed by atoms with Crippen LogP contribution in [0.15, 0.2) is 24.3 Å². The number of nitrogens with one attached hydrogen (secondary N) is 2. The Morgan fingerprint density at radius 1 is 0.383 bits per heavy atom. The Morgan fingerprint density at radius 3 is 1.02 bits per heavy atom. The van der Waals surface area contributed by atoms with Crippen molar-refractivity contribution < 1.29 is 19.5 Å². The minimum Gasteiger partial charge on any atom is -0.480 e. The van der Waals surface area contributed by atoms with Gasteiger partial charge in [0.1, 0.15) is 6.04 Å². The summed E-state index contributed by atoms with van der Waals surface area (Å²) in [6.45, 7) is 5.11. The van der Waals surface area contributed by atoms with Gasteiger partial charge in [0.15, 0.2) is 0 Å². The zero-order valence-corrected chi connectivity index (χ0v) is 40.2. The number of carboxylic acid groups (broad SMARTS) is 1. The van der Waals surface area contributed by atoms with E-state index in [2.05, 4.69) is 48.8 Å². The van der Waals surface area contributed by atoms with Gasteiger partial charge >= 0.3 is 5.97 Å². The summed E-state index contributed by atoms with van der Waals surface area (Å²) in [5.41, 5.74) is 0. The molecule has 1 unspecified atom stereocenters. The van der Waals surface area contributed by atoms with Crippen molar-refractivity contribution in [3.8, 4) is 0 Å². The summed E-state index contributed by atoms with van der Waals surface area (Å²) < 4.78 is 0. The number of hydrogen-bond acceptors (Lipinski definition) is 3. The predicted octanol–water partition coefficient (Wildman–Crippen LogP) is 16.6. The highest BCUT2D eigenvalue weighted by Crippen LogP contribution is 2.15. The molecule has 60 heavy (non-hydrogen) atoms. The van der Waals surface area contributed by atoms with Gasteiger partial charge in [-0.05, 0) is 83.5 Å². The van der Waals surface area contributed by atoms with Gasteiger partial charge in [-0.15, -0.1) is 0 Å². The fourth-order valence-electron chi connectivity index (χ4n) is 8.15. The second kappa shape index (κ2) is 49.5. The number of carboxylic acids is 1. The Labute approximate surface area is 373 Å². The fraction of sp³-hybridized carbons (Fsp3) is 0.870. The van der Waals surface area contributed by atoms with Gasteiger partial charge in [0.25, 0.3) is 0 Å². The molecule has 6 heteroatoms. The monoisotopic (exact) mass is 843 g/mol. The summed E-state index contributed by atoms with van der Waals surface area (Å²) in [7, 11) is 0. The highest BCUT2D eigenvalue weighted by atomic mass is 16.4. The Kier molecular flexibility index (Phi) is 47.8. The van der Waals surface area contributed by atoms with Crippen LogP contribution in [0, 0.1) is 0 Å². The zero-order chi connectivity index (χ0) is 43.7. The lowest BCUT2D eigenvalue weighted by Gasteiger charge is -2.14. The second-order valence-electron chi connectivity index (χ2n) is 18.2. The molecule has 0 aromatic heterocycles. The van der Waals surface area contributed by atoms with Crippen molar-refractivity contribution in [3.05, 3.63) is 24.3 Å². The van der Waals surface area contributed by atoms with Gasteiger partial charge in [-0.2, -0.15) is 0 Å². The van der Waals surface area contributed by atoms with E-state index in [0.717, 1.165) is 38.5 Å². The first-order chi connectivity index (χ1) is 29.5. The quantitative estimate of drug-likeness (QED) is 0.0420. The number of aliphatic carboxylic acids is 1. The van der Waals surface area contributed by atoms with Gasteiger partial charge < -0.3 is 15.7 Å². The van der Waals surface area contributed by atoms with E-state index >= 15 is 0 Å². The SMILES string of the molecule is CCCCCCCC/C=C\CCCCCCCCCCCCCC(=O)NCCCCC(NC(=O)CCCCCCCCCCCCC/C=C\CCCCCCCC)C(=O)O. The minimum absolute atomic E-state index is 0.0921. The van der Waals surface area contributed by atoms with Crippen LogP contribution in [0.1, 0.15) is 290 Å². The number of amides is 2. The van der Waals surface area contributed by atoms with Crippen LogP contribution in [-0.2, 0) is 14.4 Å². The Hall–Kier alpha value is -2.11. The van der Waals surface area contributed by atoms with Gasteiger partial charge in [-0.25, -0.2) is 4.79 Å². The molecular formula is C54H102N2O4. The zero-order valence-electron chi connectivity index (χ0n) is 40.2. The molecule has 0 aromatic carbocycles. The van der Waals surface area contributed by atoms with Crippen molar-refractivity contribution in [1.82, 2.24) is 10.6 Å². The maximum Gasteiger partial charge on any atom is 0.326 e. The number of rotatable bonds is 49. The summed E-state index contributed by atoms with van der Waals surface area (Å²) >= 11 is 0. The van der Waals surface area contributed by atoms with Gasteiger partial charge in [-0.3, -0.25) is 9.59 Å². The molecule has 6 nitrogen and oxygen atoms in total. The van der Waals surface area contributed by atoms with Crippen molar-refractivity contribution in [2.24, 2.45) is 0 Å².